The van der Waals surface area contributed by atoms with Crippen LogP contribution in [0.3, 0.4) is 0 Å². The van der Waals surface area contributed by atoms with E-state index in [1.807, 2.05) is 44.4 Å². The summed E-state index contributed by atoms with van der Waals surface area (Å²) in [5.41, 5.74) is 1.02. The van der Waals surface area contributed by atoms with Crippen molar-refractivity contribution in [2.24, 2.45) is 0 Å². The zero-order chi connectivity index (χ0) is 17.6. The smallest absolute Gasteiger partial charge is 0.486 e. The molecule has 138 valence electrons. The summed E-state index contributed by atoms with van der Waals surface area (Å²) in [4.78, 5) is 2.06. The maximum absolute atomic E-state index is 12.2. The van der Waals surface area contributed by atoms with E-state index in [1.54, 1.807) is 0 Å². The van der Waals surface area contributed by atoms with E-state index < -0.39 is 6.36 Å². The monoisotopic (exact) mass is 375 g/mol. The van der Waals surface area contributed by atoms with Crippen molar-refractivity contribution in [3.8, 4) is 11.5 Å². The second-order valence-electron chi connectivity index (χ2n) is 5.63. The average molecular weight is 376 g/mol. The third-order valence-corrected chi connectivity index (χ3v) is 3.35. The van der Waals surface area contributed by atoms with E-state index in [1.165, 1.54) is 24.3 Å². The Kier molecular flexibility index (Phi) is 8.06. The molecule has 2 aromatic rings. The fraction of sp³-hybridized carbons (Fsp3) is 0.333. The van der Waals surface area contributed by atoms with Crippen LogP contribution in [0.15, 0.2) is 54.6 Å². The quantitative estimate of drug-likeness (QED) is 0.673. The lowest BCUT2D eigenvalue weighted by atomic mass is 10.1. The lowest BCUT2D eigenvalue weighted by Crippen LogP contribution is -2.19. The Hall–Kier alpha value is -1.92. The molecule has 1 unspecified atom stereocenters. The maximum atomic E-state index is 12.2. The number of nitrogens with zero attached hydrogens (tertiary/aromatic N) is 1. The summed E-state index contributed by atoms with van der Waals surface area (Å²) in [7, 11) is 3.96. The van der Waals surface area contributed by atoms with Crippen LogP contribution in [0.2, 0.25) is 0 Å². The Morgan fingerprint density at radius 2 is 1.48 bits per heavy atom. The van der Waals surface area contributed by atoms with Gasteiger partial charge in [0.05, 0.1) is 0 Å². The minimum atomic E-state index is -4.69. The van der Waals surface area contributed by atoms with E-state index >= 15 is 0 Å². The lowest BCUT2D eigenvalue weighted by Gasteiger charge is -2.21. The zero-order valence-corrected chi connectivity index (χ0v) is 14.8. The summed E-state index contributed by atoms with van der Waals surface area (Å²) in [6.07, 6.45) is -4.11. The summed E-state index contributed by atoms with van der Waals surface area (Å²) in [5, 5.41) is 0. The number of alkyl halides is 3. The molecule has 0 saturated heterocycles. The van der Waals surface area contributed by atoms with Gasteiger partial charge in [0.25, 0.3) is 0 Å². The summed E-state index contributed by atoms with van der Waals surface area (Å²) >= 11 is 0. The summed E-state index contributed by atoms with van der Waals surface area (Å²) < 4.78 is 46.4. The van der Waals surface area contributed by atoms with Gasteiger partial charge in [-0.3, -0.25) is 0 Å². The highest BCUT2D eigenvalue weighted by Crippen LogP contribution is 2.28. The zero-order valence-electron chi connectivity index (χ0n) is 14.0. The molecular weight excluding hydrogens is 355 g/mol. The topological polar surface area (TPSA) is 21.7 Å². The maximum Gasteiger partial charge on any atom is 0.573 e. The number of ether oxygens (including phenoxy) is 2. The van der Waals surface area contributed by atoms with Crippen molar-refractivity contribution < 1.29 is 22.6 Å². The molecule has 3 nitrogen and oxygen atoms in total. The van der Waals surface area contributed by atoms with E-state index in [-0.39, 0.29) is 24.3 Å². The van der Waals surface area contributed by atoms with Crippen molar-refractivity contribution in [2.75, 3.05) is 20.6 Å². The van der Waals surface area contributed by atoms with Gasteiger partial charge in [0.15, 0.2) is 0 Å². The molecule has 0 amide bonds. The van der Waals surface area contributed by atoms with E-state index in [0.717, 1.165) is 18.5 Å². The van der Waals surface area contributed by atoms with Gasteiger partial charge in [0, 0.05) is 13.0 Å². The molecule has 0 spiro atoms. The van der Waals surface area contributed by atoms with Gasteiger partial charge in [-0.1, -0.05) is 30.3 Å². The van der Waals surface area contributed by atoms with Crippen molar-refractivity contribution >= 4 is 12.4 Å². The number of halogens is 4. The Morgan fingerprint density at radius 3 is 2.00 bits per heavy atom. The van der Waals surface area contributed by atoms with Gasteiger partial charge in [-0.25, -0.2) is 0 Å². The largest absolute Gasteiger partial charge is 0.573 e. The highest BCUT2D eigenvalue weighted by atomic mass is 35.5. The van der Waals surface area contributed by atoms with Crippen LogP contribution in [0.4, 0.5) is 13.2 Å². The molecule has 7 heteroatoms. The van der Waals surface area contributed by atoms with Gasteiger partial charge < -0.3 is 14.4 Å². The summed E-state index contributed by atoms with van der Waals surface area (Å²) in [6, 6.07) is 15.2. The third-order valence-electron chi connectivity index (χ3n) is 3.35. The second-order valence-corrected chi connectivity index (χ2v) is 5.63. The van der Waals surface area contributed by atoms with Crippen LogP contribution in [-0.4, -0.2) is 31.9 Å². The van der Waals surface area contributed by atoms with E-state index in [0.29, 0.717) is 5.75 Å². The van der Waals surface area contributed by atoms with Crippen molar-refractivity contribution in [2.45, 2.75) is 18.9 Å². The van der Waals surface area contributed by atoms with Crippen LogP contribution < -0.4 is 9.47 Å². The molecule has 25 heavy (non-hydrogen) atoms. The molecule has 0 aromatic heterocycles. The molecule has 0 N–H and O–H groups in total. The first kappa shape index (κ1) is 21.1. The minimum absolute atomic E-state index is 0. The fourth-order valence-corrected chi connectivity index (χ4v) is 2.22. The Morgan fingerprint density at radius 1 is 0.920 bits per heavy atom. The lowest BCUT2D eigenvalue weighted by molar-refractivity contribution is -0.274. The third kappa shape index (κ3) is 7.67. The fourth-order valence-electron chi connectivity index (χ4n) is 2.22. The molecule has 2 aromatic carbocycles. The molecule has 0 bridgehead atoms. The minimum Gasteiger partial charge on any atom is -0.486 e. The van der Waals surface area contributed by atoms with Crippen LogP contribution in [0.25, 0.3) is 0 Å². The first-order valence-corrected chi connectivity index (χ1v) is 7.55. The summed E-state index contributed by atoms with van der Waals surface area (Å²) in [5.74, 6) is 0.233. The Labute approximate surface area is 151 Å². The molecule has 0 heterocycles. The number of hydrogen-bond donors (Lipinski definition) is 0. The van der Waals surface area contributed by atoms with Crippen molar-refractivity contribution in [1.29, 1.82) is 0 Å². The first-order chi connectivity index (χ1) is 11.3. The Balaban J connectivity index is 0.00000312. The Bertz CT molecular complexity index is 618. The van der Waals surface area contributed by atoms with Crippen LogP contribution >= 0.6 is 12.4 Å². The van der Waals surface area contributed by atoms with Gasteiger partial charge in [-0.05, 0) is 43.9 Å². The van der Waals surface area contributed by atoms with Gasteiger partial charge in [-0.15, -0.1) is 25.6 Å². The van der Waals surface area contributed by atoms with Crippen molar-refractivity contribution in [1.82, 2.24) is 4.90 Å². The normalized spacial score (nSPS) is 12.4. The number of rotatable bonds is 7. The number of hydrogen-bond acceptors (Lipinski definition) is 3. The van der Waals surface area contributed by atoms with E-state index in [2.05, 4.69) is 9.64 Å². The van der Waals surface area contributed by atoms with E-state index in [9.17, 15) is 13.2 Å². The van der Waals surface area contributed by atoms with Gasteiger partial charge in [-0.2, -0.15) is 0 Å². The molecule has 1 atom stereocenters. The molecule has 2 rings (SSSR count). The molecular formula is C18H21ClF3NO2. The van der Waals surface area contributed by atoms with Crippen LogP contribution in [0.1, 0.15) is 18.1 Å². The van der Waals surface area contributed by atoms with Gasteiger partial charge in [0.2, 0.25) is 0 Å². The first-order valence-electron chi connectivity index (χ1n) is 7.55. The molecule has 0 aliphatic rings. The van der Waals surface area contributed by atoms with Gasteiger partial charge in [0.1, 0.15) is 17.6 Å². The van der Waals surface area contributed by atoms with Crippen LogP contribution in [0.5, 0.6) is 11.5 Å². The van der Waals surface area contributed by atoms with Crippen LogP contribution in [-0.2, 0) is 0 Å². The van der Waals surface area contributed by atoms with Crippen molar-refractivity contribution in [3.63, 3.8) is 0 Å². The molecule has 0 radical (unpaired) electrons. The molecule has 0 fully saturated rings. The summed E-state index contributed by atoms with van der Waals surface area (Å²) in [6.45, 7) is 0.828. The standard InChI is InChI=1S/C18H20F3NO2.ClH/c1-22(2)13-12-17(14-6-4-3-5-7-14)23-15-8-10-16(11-9-15)24-18(19,20)21;/h3-11,17H,12-13H2,1-2H3;1H. The molecule has 0 aliphatic carbocycles. The predicted octanol–water partition coefficient (Wildman–Crippen LogP) is 5.08. The van der Waals surface area contributed by atoms with Gasteiger partial charge >= 0.3 is 6.36 Å². The van der Waals surface area contributed by atoms with Crippen molar-refractivity contribution in [3.05, 3.63) is 60.2 Å². The highest BCUT2D eigenvalue weighted by molar-refractivity contribution is 5.85. The predicted molar refractivity (Wildman–Crippen MR) is 93.4 cm³/mol. The highest BCUT2D eigenvalue weighted by Gasteiger charge is 2.31. The average Bonchev–Trinajstić information content (AvgIpc) is 2.52. The van der Waals surface area contributed by atoms with E-state index in [4.69, 9.17) is 4.74 Å². The number of benzene rings is 2. The SMILES string of the molecule is CN(C)CCC(Oc1ccc(OC(F)(F)F)cc1)c1ccccc1.Cl. The second kappa shape index (κ2) is 9.53. The molecule has 0 aliphatic heterocycles. The van der Waals surface area contributed by atoms with Crippen LogP contribution in [0, 0.1) is 0 Å². The molecule has 0 saturated carbocycles.